The Labute approximate surface area is 192 Å². The average Bonchev–Trinajstić information content (AvgIpc) is 2.77. The molecule has 2 atom stereocenters. The SMILES string of the molecule is CN(C)S(=O)(=O)C(NC(=O)c1ccccc1OC(F)(F)F)(C1CC=CCC1)C1CCNCC1. The summed E-state index contributed by atoms with van der Waals surface area (Å²) in [6.07, 6.45) is 1.54. The average molecular weight is 490 g/mol. The lowest BCUT2D eigenvalue weighted by Crippen LogP contribution is -2.67. The number of amides is 1. The van der Waals surface area contributed by atoms with Gasteiger partial charge in [0.1, 0.15) is 5.75 Å². The van der Waals surface area contributed by atoms with Crippen LogP contribution in [0, 0.1) is 11.8 Å². The molecule has 1 amide bonds. The lowest BCUT2D eigenvalue weighted by molar-refractivity contribution is -0.274. The Morgan fingerprint density at radius 3 is 2.33 bits per heavy atom. The van der Waals surface area contributed by atoms with Crippen LogP contribution in [-0.4, -0.2) is 57.0 Å². The highest BCUT2D eigenvalue weighted by atomic mass is 32.2. The summed E-state index contributed by atoms with van der Waals surface area (Å²) in [6.45, 7) is 1.17. The summed E-state index contributed by atoms with van der Waals surface area (Å²) in [7, 11) is -1.25. The van der Waals surface area contributed by atoms with Crippen LogP contribution in [0.4, 0.5) is 13.2 Å². The first kappa shape index (κ1) is 25.5. The number of carbonyl (C=O) groups excluding carboxylic acids is 1. The van der Waals surface area contributed by atoms with Crippen molar-refractivity contribution >= 4 is 15.9 Å². The van der Waals surface area contributed by atoms with E-state index in [2.05, 4.69) is 15.4 Å². The predicted octanol–water partition coefficient (Wildman–Crippen LogP) is 3.26. The van der Waals surface area contributed by atoms with Crippen LogP contribution >= 0.6 is 0 Å². The first-order valence-corrected chi connectivity index (χ1v) is 12.4. The highest BCUT2D eigenvalue weighted by Gasteiger charge is 2.57. The summed E-state index contributed by atoms with van der Waals surface area (Å²) in [5.74, 6) is -2.43. The Bertz CT molecular complexity index is 975. The van der Waals surface area contributed by atoms with Crippen LogP contribution in [0.5, 0.6) is 5.75 Å². The molecule has 0 spiro atoms. The van der Waals surface area contributed by atoms with Gasteiger partial charge in [-0.15, -0.1) is 13.2 Å². The summed E-state index contributed by atoms with van der Waals surface area (Å²) in [5, 5.41) is 5.97. The van der Waals surface area contributed by atoms with E-state index in [1.165, 1.54) is 32.3 Å². The molecule has 2 unspecified atom stereocenters. The molecule has 1 fully saturated rings. The second-order valence-electron chi connectivity index (χ2n) is 8.58. The molecule has 1 aromatic carbocycles. The van der Waals surface area contributed by atoms with Crippen LogP contribution in [-0.2, 0) is 10.0 Å². The van der Waals surface area contributed by atoms with Crippen molar-refractivity contribution in [2.45, 2.75) is 43.3 Å². The molecule has 0 bridgehead atoms. The number of nitrogens with one attached hydrogen (secondary N) is 2. The molecule has 0 saturated carbocycles. The van der Waals surface area contributed by atoms with Crippen molar-refractivity contribution in [1.29, 1.82) is 0 Å². The molecule has 0 aromatic heterocycles. The van der Waals surface area contributed by atoms with Crippen LogP contribution in [0.2, 0.25) is 0 Å². The Balaban J connectivity index is 2.12. The number of ether oxygens (including phenoxy) is 1. The number of benzene rings is 1. The van der Waals surface area contributed by atoms with Crippen LogP contribution in [0.3, 0.4) is 0 Å². The first-order valence-electron chi connectivity index (χ1n) is 10.9. The summed E-state index contributed by atoms with van der Waals surface area (Å²) in [6, 6.07) is 4.97. The summed E-state index contributed by atoms with van der Waals surface area (Å²) >= 11 is 0. The van der Waals surface area contributed by atoms with E-state index in [0.717, 1.165) is 10.4 Å². The molecule has 33 heavy (non-hydrogen) atoms. The molecular formula is C22H30F3N3O4S. The van der Waals surface area contributed by atoms with Gasteiger partial charge in [0.25, 0.3) is 5.91 Å². The van der Waals surface area contributed by atoms with Crippen molar-refractivity contribution in [3.05, 3.63) is 42.0 Å². The van der Waals surface area contributed by atoms with Gasteiger partial charge in [-0.1, -0.05) is 24.3 Å². The van der Waals surface area contributed by atoms with Gasteiger partial charge < -0.3 is 15.4 Å². The molecule has 0 radical (unpaired) electrons. The number of alkyl halides is 3. The van der Waals surface area contributed by atoms with E-state index < -0.39 is 44.7 Å². The molecule has 2 N–H and O–H groups in total. The molecule has 11 heteroatoms. The highest BCUT2D eigenvalue weighted by Crippen LogP contribution is 2.44. The number of hydrogen-bond acceptors (Lipinski definition) is 5. The number of rotatable bonds is 7. The van der Waals surface area contributed by atoms with Gasteiger partial charge in [-0.05, 0) is 57.3 Å². The second kappa shape index (κ2) is 10.0. The van der Waals surface area contributed by atoms with Crippen molar-refractivity contribution in [2.24, 2.45) is 11.8 Å². The zero-order chi connectivity index (χ0) is 24.3. The van der Waals surface area contributed by atoms with Gasteiger partial charge in [0.05, 0.1) is 5.56 Å². The number of sulfonamides is 1. The monoisotopic (exact) mass is 489 g/mol. The maximum atomic E-state index is 13.9. The van der Waals surface area contributed by atoms with Gasteiger partial charge in [0.2, 0.25) is 10.0 Å². The number of hydrogen-bond donors (Lipinski definition) is 2. The summed E-state index contributed by atoms with van der Waals surface area (Å²) < 4.78 is 71.7. The van der Waals surface area contributed by atoms with Crippen molar-refractivity contribution in [2.75, 3.05) is 27.2 Å². The molecule has 184 valence electrons. The fraction of sp³-hybridized carbons (Fsp3) is 0.591. The predicted molar refractivity (Wildman–Crippen MR) is 118 cm³/mol. The second-order valence-corrected chi connectivity index (χ2v) is 10.9. The van der Waals surface area contributed by atoms with Crippen molar-refractivity contribution < 1.29 is 31.1 Å². The fourth-order valence-corrected chi connectivity index (χ4v) is 6.99. The fourth-order valence-electron chi connectivity index (χ4n) is 4.87. The number of allylic oxidation sites excluding steroid dienone is 2. The zero-order valence-electron chi connectivity index (χ0n) is 18.7. The first-order chi connectivity index (χ1) is 15.5. The lowest BCUT2D eigenvalue weighted by Gasteiger charge is -2.48. The number of para-hydroxylation sites is 1. The Kier molecular flexibility index (Phi) is 7.75. The van der Waals surface area contributed by atoms with Crippen LogP contribution in [0.25, 0.3) is 0 Å². The van der Waals surface area contributed by atoms with Gasteiger partial charge in [0, 0.05) is 25.9 Å². The molecule has 1 aliphatic heterocycles. The van der Waals surface area contributed by atoms with E-state index >= 15 is 0 Å². The number of carbonyl (C=O) groups is 1. The minimum Gasteiger partial charge on any atom is -0.405 e. The van der Waals surface area contributed by atoms with Crippen molar-refractivity contribution in [1.82, 2.24) is 14.9 Å². The number of piperidine rings is 1. The van der Waals surface area contributed by atoms with Gasteiger partial charge in [0.15, 0.2) is 4.87 Å². The molecule has 7 nitrogen and oxygen atoms in total. The molecule has 3 rings (SSSR count). The van der Waals surface area contributed by atoms with E-state index in [9.17, 15) is 26.4 Å². The smallest absolute Gasteiger partial charge is 0.405 e. The molecule has 1 aliphatic carbocycles. The standard InChI is InChI=1S/C22H30F3N3O4S/c1-28(2)33(30,31)21(16-8-4-3-5-9-16,17-12-14-26-15-13-17)27-20(29)18-10-6-7-11-19(18)32-22(23,24)25/h3-4,6-7,10-11,16-17,26H,5,8-9,12-15H2,1-2H3,(H,27,29). The third-order valence-corrected chi connectivity index (χ3v) is 8.98. The van der Waals surface area contributed by atoms with E-state index in [1.54, 1.807) is 0 Å². The minimum absolute atomic E-state index is 0.367. The van der Waals surface area contributed by atoms with Crippen molar-refractivity contribution in [3.63, 3.8) is 0 Å². The maximum Gasteiger partial charge on any atom is 0.573 e. The summed E-state index contributed by atoms with van der Waals surface area (Å²) in [5.41, 5.74) is -0.367. The topological polar surface area (TPSA) is 87.7 Å². The van der Waals surface area contributed by atoms with Crippen LogP contribution < -0.4 is 15.4 Å². The Hall–Kier alpha value is -2.11. The minimum atomic E-state index is -4.99. The van der Waals surface area contributed by atoms with Crippen molar-refractivity contribution in [3.8, 4) is 5.75 Å². The quantitative estimate of drug-likeness (QED) is 0.574. The lowest BCUT2D eigenvalue weighted by atomic mass is 9.76. The van der Waals surface area contributed by atoms with E-state index in [0.29, 0.717) is 45.2 Å². The van der Waals surface area contributed by atoms with E-state index in [1.807, 2.05) is 12.2 Å². The molecule has 2 aliphatic rings. The molecule has 1 heterocycles. The van der Waals surface area contributed by atoms with E-state index in [4.69, 9.17) is 0 Å². The molecular weight excluding hydrogens is 459 g/mol. The van der Waals surface area contributed by atoms with Gasteiger partial charge in [-0.2, -0.15) is 0 Å². The third-order valence-electron chi connectivity index (χ3n) is 6.40. The van der Waals surface area contributed by atoms with Crippen LogP contribution in [0.15, 0.2) is 36.4 Å². The highest BCUT2D eigenvalue weighted by molar-refractivity contribution is 7.90. The van der Waals surface area contributed by atoms with Crippen LogP contribution in [0.1, 0.15) is 42.5 Å². The zero-order valence-corrected chi connectivity index (χ0v) is 19.5. The van der Waals surface area contributed by atoms with Gasteiger partial charge >= 0.3 is 6.36 Å². The maximum absolute atomic E-state index is 13.9. The molecule has 1 saturated heterocycles. The largest absolute Gasteiger partial charge is 0.573 e. The normalized spacial score (nSPS) is 22.1. The van der Waals surface area contributed by atoms with Gasteiger partial charge in [-0.25, -0.2) is 12.7 Å². The van der Waals surface area contributed by atoms with E-state index in [-0.39, 0.29) is 5.56 Å². The van der Waals surface area contributed by atoms with Gasteiger partial charge in [-0.3, -0.25) is 4.79 Å². The number of halogens is 3. The Morgan fingerprint density at radius 1 is 1.09 bits per heavy atom. The number of nitrogens with zero attached hydrogens (tertiary/aromatic N) is 1. The third kappa shape index (κ3) is 5.36. The summed E-state index contributed by atoms with van der Waals surface area (Å²) in [4.78, 5) is 11.8. The molecule has 1 aromatic rings. The Morgan fingerprint density at radius 2 is 1.76 bits per heavy atom.